The first-order valence-corrected chi connectivity index (χ1v) is 9.35. The Kier molecular flexibility index (Phi) is 6.19. The molecule has 0 fully saturated rings. The van der Waals surface area contributed by atoms with Crippen molar-refractivity contribution < 1.29 is 19.4 Å². The number of benzene rings is 1. The number of hydrogen-bond donors (Lipinski definition) is 1. The molecule has 0 saturated heterocycles. The summed E-state index contributed by atoms with van der Waals surface area (Å²) in [7, 11) is 6.81. The van der Waals surface area contributed by atoms with Gasteiger partial charge in [-0.1, -0.05) is 28.1 Å². The van der Waals surface area contributed by atoms with Gasteiger partial charge in [0, 0.05) is 11.0 Å². The van der Waals surface area contributed by atoms with Crippen molar-refractivity contribution in [3.63, 3.8) is 0 Å². The van der Waals surface area contributed by atoms with E-state index in [0.717, 1.165) is 12.8 Å². The second-order valence-electron chi connectivity index (χ2n) is 5.57. The number of fused-ring (bicyclic) bond motifs is 1. The molecule has 3 aromatic rings. The minimum absolute atomic E-state index is 0.264. The molecule has 3 rings (SSSR count). The Balaban J connectivity index is 0.000000212. The maximum absolute atomic E-state index is 12.0. The van der Waals surface area contributed by atoms with E-state index in [9.17, 15) is 9.59 Å². The molecule has 2 N–H and O–H groups in total. The van der Waals surface area contributed by atoms with Crippen molar-refractivity contribution in [3.05, 3.63) is 58.9 Å². The van der Waals surface area contributed by atoms with Crippen molar-refractivity contribution in [2.24, 2.45) is 33.9 Å². The van der Waals surface area contributed by atoms with Crippen LogP contribution in [0.15, 0.2) is 38.3 Å². The Hall–Kier alpha value is -1.50. The zero-order valence-corrected chi connectivity index (χ0v) is 18.3. The quantitative estimate of drug-likeness (QED) is 0.459. The fourth-order valence-electron chi connectivity index (χ4n) is 2.50. The van der Waals surface area contributed by atoms with Crippen LogP contribution in [0.1, 0.15) is 5.56 Å². The van der Waals surface area contributed by atoms with Crippen LogP contribution in [0.5, 0.6) is 0 Å². The molecule has 9 heteroatoms. The second-order valence-corrected chi connectivity index (χ2v) is 7.50. The molecular formula is C16H20BrN5O2Pt. The third kappa shape index (κ3) is 3.71. The van der Waals surface area contributed by atoms with Crippen molar-refractivity contribution in [2.45, 2.75) is 6.54 Å². The van der Waals surface area contributed by atoms with Gasteiger partial charge in [0.15, 0.2) is 0 Å². The van der Waals surface area contributed by atoms with Gasteiger partial charge in [0.25, 0.3) is 0 Å². The summed E-state index contributed by atoms with van der Waals surface area (Å²) in [6, 6.07) is 7.98. The van der Waals surface area contributed by atoms with Crippen LogP contribution >= 0.6 is 15.9 Å². The molecule has 0 aliphatic carbocycles. The average molecular weight is 589 g/mol. The summed E-state index contributed by atoms with van der Waals surface area (Å²) in [5, 5.41) is 0. The topological polar surface area (TPSA) is 79.9 Å². The van der Waals surface area contributed by atoms with E-state index in [0.29, 0.717) is 17.7 Å². The van der Waals surface area contributed by atoms with Gasteiger partial charge in [-0.05, 0) is 17.7 Å². The monoisotopic (exact) mass is 588 g/mol. The molecule has 0 aliphatic heterocycles. The SMILES string of the molecule is Cn1c(=O)c2c(n(C)c1=O)n(C)[c](=[Pt])n2C.NCc1ccc(Br)cc1. The number of nitrogens with zero attached hydrogens (tertiary/aromatic N) is 4. The van der Waals surface area contributed by atoms with Gasteiger partial charge in [-0.25, -0.2) is 0 Å². The normalized spacial score (nSPS) is 10.7. The van der Waals surface area contributed by atoms with Gasteiger partial charge in [-0.2, -0.15) is 0 Å². The van der Waals surface area contributed by atoms with Gasteiger partial charge in [0.05, 0.1) is 0 Å². The first kappa shape index (κ1) is 19.8. The number of imidazole rings is 1. The number of aryl methyl sites for hydroxylation is 3. The van der Waals surface area contributed by atoms with Gasteiger partial charge < -0.3 is 5.73 Å². The largest absolute Gasteiger partial charge is 0.326 e. The molecule has 0 amide bonds. The molecule has 0 bridgehead atoms. The summed E-state index contributed by atoms with van der Waals surface area (Å²) in [5.41, 5.74) is 7.15. The van der Waals surface area contributed by atoms with E-state index in [2.05, 4.69) is 35.3 Å². The van der Waals surface area contributed by atoms with Crippen LogP contribution in [-0.2, 0) is 54.1 Å². The Labute approximate surface area is 163 Å². The first-order valence-electron chi connectivity index (χ1n) is 7.42. The molecule has 0 saturated carbocycles. The van der Waals surface area contributed by atoms with Crippen LogP contribution in [0.25, 0.3) is 11.2 Å². The fourth-order valence-corrected chi connectivity index (χ4v) is 3.26. The Morgan fingerprint density at radius 2 is 1.52 bits per heavy atom. The van der Waals surface area contributed by atoms with Crippen molar-refractivity contribution in [1.82, 2.24) is 18.3 Å². The van der Waals surface area contributed by atoms with E-state index in [4.69, 9.17) is 5.73 Å². The predicted octanol–water partition coefficient (Wildman–Crippen LogP) is 0.901. The molecule has 0 radical (unpaired) electrons. The molecule has 2 aromatic heterocycles. The zero-order valence-electron chi connectivity index (χ0n) is 14.4. The van der Waals surface area contributed by atoms with Crippen molar-refractivity contribution >= 4 is 27.1 Å². The summed E-state index contributed by atoms with van der Waals surface area (Å²) in [6.45, 7) is 0.618. The van der Waals surface area contributed by atoms with Crippen LogP contribution in [-0.4, -0.2) is 18.3 Å². The van der Waals surface area contributed by atoms with Gasteiger partial charge in [0.1, 0.15) is 0 Å². The number of hydrogen-bond acceptors (Lipinski definition) is 3. The third-order valence-electron chi connectivity index (χ3n) is 3.92. The van der Waals surface area contributed by atoms with Crippen LogP contribution in [0.2, 0.25) is 0 Å². The minimum Gasteiger partial charge on any atom is -0.326 e. The smallest absolute Gasteiger partial charge is 0.0178 e. The molecule has 7 nitrogen and oxygen atoms in total. The van der Waals surface area contributed by atoms with Crippen LogP contribution in [0, 0.1) is 3.80 Å². The Morgan fingerprint density at radius 1 is 0.960 bits per heavy atom. The molecule has 0 spiro atoms. The summed E-state index contributed by atoms with van der Waals surface area (Å²) in [5.74, 6) is 0. The molecular weight excluding hydrogens is 569 g/mol. The Bertz CT molecular complexity index is 1090. The first-order chi connectivity index (χ1) is 11.7. The fraction of sp³-hybridized carbons (Fsp3) is 0.312. The van der Waals surface area contributed by atoms with Gasteiger partial charge in [-0.15, -0.1) is 0 Å². The summed E-state index contributed by atoms with van der Waals surface area (Å²) in [6.07, 6.45) is 0. The maximum atomic E-state index is 12.0. The van der Waals surface area contributed by atoms with Crippen LogP contribution in [0.4, 0.5) is 0 Å². The van der Waals surface area contributed by atoms with Crippen LogP contribution in [0.3, 0.4) is 0 Å². The molecule has 0 unspecified atom stereocenters. The van der Waals surface area contributed by atoms with Crippen molar-refractivity contribution in [1.29, 1.82) is 0 Å². The van der Waals surface area contributed by atoms with Crippen molar-refractivity contribution in [3.8, 4) is 0 Å². The molecule has 25 heavy (non-hydrogen) atoms. The average Bonchev–Trinajstić information content (AvgIpc) is 2.83. The number of aromatic nitrogens is 4. The minimum atomic E-state index is -0.310. The van der Waals surface area contributed by atoms with Gasteiger partial charge in [-0.3, -0.25) is 0 Å². The summed E-state index contributed by atoms with van der Waals surface area (Å²) in [4.78, 5) is 23.8. The summed E-state index contributed by atoms with van der Waals surface area (Å²) >= 11 is 5.46. The standard InChI is InChI=1S/C9H12N4O2.C7H8BrN.Pt/c1-10-5-11(2)7-6(10)8(14)13(4)9(15)12(7)3;8-7-3-1-6(5-9)2-4-7;/h1-4H3;1-4H,5,9H2;. The molecule has 138 valence electrons. The van der Waals surface area contributed by atoms with E-state index in [1.807, 2.05) is 42.9 Å². The van der Waals surface area contributed by atoms with Gasteiger partial charge >= 0.3 is 102 Å². The number of nitrogens with two attached hydrogens (primary N) is 1. The third-order valence-corrected chi connectivity index (χ3v) is 5.98. The van der Waals surface area contributed by atoms with E-state index in [1.54, 1.807) is 11.6 Å². The zero-order chi connectivity index (χ0) is 18.9. The molecule has 0 atom stereocenters. The summed E-state index contributed by atoms with van der Waals surface area (Å²) < 4.78 is 8.23. The van der Waals surface area contributed by atoms with E-state index in [1.165, 1.54) is 17.2 Å². The van der Waals surface area contributed by atoms with E-state index < -0.39 is 0 Å². The van der Waals surface area contributed by atoms with E-state index in [-0.39, 0.29) is 11.2 Å². The van der Waals surface area contributed by atoms with Gasteiger partial charge in [0.2, 0.25) is 0 Å². The maximum Gasteiger partial charge on any atom is 0.0178 e. The van der Waals surface area contributed by atoms with Crippen molar-refractivity contribution in [2.75, 3.05) is 0 Å². The molecule has 1 aromatic carbocycles. The number of rotatable bonds is 1. The second kappa shape index (κ2) is 7.81. The molecule has 2 heterocycles. The predicted molar refractivity (Wildman–Crippen MR) is 97.6 cm³/mol. The van der Waals surface area contributed by atoms with E-state index >= 15 is 0 Å². The Morgan fingerprint density at radius 3 is 2.04 bits per heavy atom. The number of halogens is 1. The van der Waals surface area contributed by atoms with Crippen LogP contribution < -0.4 is 17.0 Å². The molecule has 0 aliphatic rings.